The summed E-state index contributed by atoms with van der Waals surface area (Å²) in [6, 6.07) is 7.30. The number of nitrogens with one attached hydrogen (secondary N) is 1. The fourth-order valence-corrected chi connectivity index (χ4v) is 3.41. The molecule has 0 spiro atoms. The molecule has 1 aliphatic heterocycles. The molecule has 1 aliphatic rings. The second-order valence-corrected chi connectivity index (χ2v) is 7.82. The van der Waals surface area contributed by atoms with Crippen molar-refractivity contribution in [2.45, 2.75) is 25.6 Å². The fraction of sp³-hybridized carbons (Fsp3) is 0.421. The van der Waals surface area contributed by atoms with Crippen molar-refractivity contribution in [2.75, 3.05) is 31.3 Å². The van der Waals surface area contributed by atoms with E-state index in [1.807, 2.05) is 18.2 Å². The lowest BCUT2D eigenvalue weighted by Gasteiger charge is -2.21. The monoisotopic (exact) mass is 405 g/mol. The van der Waals surface area contributed by atoms with Gasteiger partial charge in [0.05, 0.1) is 11.0 Å². The summed E-state index contributed by atoms with van der Waals surface area (Å²) in [4.78, 5) is 26.2. The zero-order chi connectivity index (χ0) is 20.1. The fourth-order valence-electron chi connectivity index (χ4n) is 2.58. The van der Waals surface area contributed by atoms with Gasteiger partial charge in [-0.15, -0.1) is 11.8 Å². The van der Waals surface area contributed by atoms with Crippen LogP contribution in [-0.4, -0.2) is 53.1 Å². The Labute approximate surface area is 167 Å². The van der Waals surface area contributed by atoms with E-state index in [2.05, 4.69) is 10.5 Å². The lowest BCUT2D eigenvalue weighted by Crippen LogP contribution is -2.30. The van der Waals surface area contributed by atoms with Gasteiger partial charge in [-0.3, -0.25) is 9.59 Å². The van der Waals surface area contributed by atoms with E-state index in [1.165, 1.54) is 11.8 Å². The highest BCUT2D eigenvalue weighted by Crippen LogP contribution is 2.31. The van der Waals surface area contributed by atoms with Gasteiger partial charge >= 0.3 is 0 Å². The highest BCUT2D eigenvalue weighted by Gasteiger charge is 2.19. The predicted octanol–water partition coefficient (Wildman–Crippen LogP) is 2.47. The average molecular weight is 405 g/mol. The summed E-state index contributed by atoms with van der Waals surface area (Å²) in [6.07, 6.45) is 0. The van der Waals surface area contributed by atoms with Gasteiger partial charge in [0.15, 0.2) is 17.3 Å². The molecule has 0 saturated carbocycles. The van der Waals surface area contributed by atoms with Crippen LogP contribution < -0.4 is 14.8 Å². The van der Waals surface area contributed by atoms with E-state index >= 15 is 0 Å². The first-order chi connectivity index (χ1) is 13.4. The number of aromatic nitrogens is 1. The Morgan fingerprint density at radius 1 is 1.25 bits per heavy atom. The van der Waals surface area contributed by atoms with Gasteiger partial charge in [-0.05, 0) is 31.5 Å². The number of benzene rings is 1. The van der Waals surface area contributed by atoms with Crippen LogP contribution in [0.3, 0.4) is 0 Å². The smallest absolute Gasteiger partial charge is 0.238 e. The van der Waals surface area contributed by atoms with Crippen LogP contribution in [0.4, 0.5) is 5.82 Å². The molecule has 1 N–H and O–H groups in total. The molecule has 150 valence electrons. The second kappa shape index (κ2) is 9.01. The number of rotatable bonds is 7. The van der Waals surface area contributed by atoms with Gasteiger partial charge in [0.2, 0.25) is 11.8 Å². The third kappa shape index (κ3) is 5.19. The summed E-state index contributed by atoms with van der Waals surface area (Å²) in [5.74, 6) is 2.34. The van der Waals surface area contributed by atoms with E-state index in [9.17, 15) is 9.59 Å². The number of amides is 2. The number of carbonyl (C=O) groups is 2. The number of anilines is 1. The maximum atomic E-state index is 12.4. The summed E-state index contributed by atoms with van der Waals surface area (Å²) in [5.41, 5.74) is 0.956. The Morgan fingerprint density at radius 3 is 2.71 bits per heavy atom. The number of hydrogen-bond donors (Lipinski definition) is 1. The third-order valence-corrected chi connectivity index (χ3v) is 5.29. The van der Waals surface area contributed by atoms with Gasteiger partial charge < -0.3 is 24.2 Å². The molecule has 0 radical (unpaired) electrons. The van der Waals surface area contributed by atoms with Crippen LogP contribution in [0, 0.1) is 6.92 Å². The Morgan fingerprint density at radius 2 is 2.00 bits per heavy atom. The number of carbonyl (C=O) groups excluding carboxylic acids is 2. The standard InChI is InChI=1S/C19H23N3O5S/c1-12-8-17(21-27-12)20-19(24)13(2)28-11-18(23)22(3)10-14-4-5-15-16(9-14)26-7-6-25-15/h4-5,8-9,13H,6-7,10-11H2,1-3H3,(H,20,21,24). The van der Waals surface area contributed by atoms with Crippen molar-refractivity contribution in [3.05, 3.63) is 35.6 Å². The van der Waals surface area contributed by atoms with Crippen molar-refractivity contribution in [3.63, 3.8) is 0 Å². The quantitative estimate of drug-likeness (QED) is 0.756. The molecule has 2 aromatic rings. The van der Waals surface area contributed by atoms with Crippen LogP contribution in [0.1, 0.15) is 18.2 Å². The van der Waals surface area contributed by atoms with Crippen LogP contribution in [0.2, 0.25) is 0 Å². The minimum atomic E-state index is -0.399. The molecule has 1 unspecified atom stereocenters. The van der Waals surface area contributed by atoms with E-state index in [0.29, 0.717) is 37.1 Å². The molecule has 0 aliphatic carbocycles. The van der Waals surface area contributed by atoms with Gasteiger partial charge in [-0.25, -0.2) is 0 Å². The first kappa shape index (κ1) is 20.1. The predicted molar refractivity (Wildman–Crippen MR) is 106 cm³/mol. The van der Waals surface area contributed by atoms with E-state index in [-0.39, 0.29) is 17.6 Å². The van der Waals surface area contributed by atoms with Gasteiger partial charge in [0.25, 0.3) is 0 Å². The molecule has 2 heterocycles. The molecule has 0 fully saturated rings. The number of fused-ring (bicyclic) bond motifs is 1. The molecule has 1 atom stereocenters. The van der Waals surface area contributed by atoms with E-state index in [1.54, 1.807) is 31.9 Å². The first-order valence-corrected chi connectivity index (χ1v) is 9.95. The molecule has 28 heavy (non-hydrogen) atoms. The van der Waals surface area contributed by atoms with Crippen LogP contribution in [0.25, 0.3) is 0 Å². The molecule has 1 aromatic carbocycles. The van der Waals surface area contributed by atoms with Gasteiger partial charge in [-0.1, -0.05) is 11.2 Å². The summed E-state index contributed by atoms with van der Waals surface area (Å²) in [5, 5.41) is 6.00. The highest BCUT2D eigenvalue weighted by molar-refractivity contribution is 8.01. The van der Waals surface area contributed by atoms with Crippen LogP contribution >= 0.6 is 11.8 Å². The third-order valence-electron chi connectivity index (χ3n) is 4.16. The van der Waals surface area contributed by atoms with Crippen molar-refractivity contribution in [2.24, 2.45) is 0 Å². The second-order valence-electron chi connectivity index (χ2n) is 6.49. The summed E-state index contributed by atoms with van der Waals surface area (Å²) < 4.78 is 16.0. The van der Waals surface area contributed by atoms with Crippen LogP contribution in [0.15, 0.2) is 28.8 Å². The lowest BCUT2D eigenvalue weighted by molar-refractivity contribution is -0.127. The van der Waals surface area contributed by atoms with Crippen molar-refractivity contribution in [3.8, 4) is 11.5 Å². The maximum absolute atomic E-state index is 12.4. The number of thioether (sulfide) groups is 1. The van der Waals surface area contributed by atoms with Crippen molar-refractivity contribution in [1.29, 1.82) is 0 Å². The van der Waals surface area contributed by atoms with Gasteiger partial charge in [0.1, 0.15) is 19.0 Å². The summed E-state index contributed by atoms with van der Waals surface area (Å²) >= 11 is 1.27. The van der Waals surface area contributed by atoms with E-state index in [0.717, 1.165) is 11.3 Å². The van der Waals surface area contributed by atoms with Crippen molar-refractivity contribution >= 4 is 29.4 Å². The largest absolute Gasteiger partial charge is 0.486 e. The molecule has 9 heteroatoms. The van der Waals surface area contributed by atoms with Crippen molar-refractivity contribution < 1.29 is 23.6 Å². The maximum Gasteiger partial charge on any atom is 0.238 e. The topological polar surface area (TPSA) is 93.9 Å². The number of aryl methyl sites for hydroxylation is 1. The highest BCUT2D eigenvalue weighted by atomic mass is 32.2. The Balaban J connectivity index is 1.46. The summed E-state index contributed by atoms with van der Waals surface area (Å²) in [7, 11) is 1.74. The molecule has 1 aromatic heterocycles. The molecular weight excluding hydrogens is 382 g/mol. The van der Waals surface area contributed by atoms with Crippen molar-refractivity contribution in [1.82, 2.24) is 10.1 Å². The van der Waals surface area contributed by atoms with Gasteiger partial charge in [-0.2, -0.15) is 0 Å². The molecular formula is C19H23N3O5S. The minimum absolute atomic E-state index is 0.0585. The summed E-state index contributed by atoms with van der Waals surface area (Å²) in [6.45, 7) is 5.02. The molecule has 2 amide bonds. The Bertz CT molecular complexity index is 854. The Kier molecular flexibility index (Phi) is 6.45. The molecule has 3 rings (SSSR count). The minimum Gasteiger partial charge on any atom is -0.486 e. The molecule has 0 saturated heterocycles. The SMILES string of the molecule is Cc1cc(NC(=O)C(C)SCC(=O)N(C)Cc2ccc3c(c2)OCCO3)no1. The molecule has 8 nitrogen and oxygen atoms in total. The van der Waals surface area contributed by atoms with Crippen LogP contribution in [-0.2, 0) is 16.1 Å². The number of nitrogens with zero attached hydrogens (tertiary/aromatic N) is 2. The average Bonchev–Trinajstić information content (AvgIpc) is 3.10. The normalized spacial score (nSPS) is 13.7. The zero-order valence-electron chi connectivity index (χ0n) is 16.1. The Hall–Kier alpha value is -2.68. The van der Waals surface area contributed by atoms with E-state index < -0.39 is 5.25 Å². The van der Waals surface area contributed by atoms with Crippen LogP contribution in [0.5, 0.6) is 11.5 Å². The van der Waals surface area contributed by atoms with Gasteiger partial charge in [0, 0.05) is 19.7 Å². The number of ether oxygens (including phenoxy) is 2. The molecule has 0 bridgehead atoms. The number of hydrogen-bond acceptors (Lipinski definition) is 7. The zero-order valence-corrected chi connectivity index (χ0v) is 16.9. The first-order valence-electron chi connectivity index (χ1n) is 8.90. The lowest BCUT2D eigenvalue weighted by atomic mass is 10.2. The van der Waals surface area contributed by atoms with E-state index in [4.69, 9.17) is 14.0 Å².